The molecule has 4 fully saturated rings. The summed E-state index contributed by atoms with van der Waals surface area (Å²) in [4.78, 5) is 68.5. The Kier molecular flexibility index (Phi) is 11.3. The van der Waals surface area contributed by atoms with Crippen molar-refractivity contribution in [3.05, 3.63) is 41.4 Å². The number of esters is 1. The zero-order valence-electron chi connectivity index (χ0n) is 35.7. The quantitative estimate of drug-likeness (QED) is 0.157. The number of benzene rings is 1. The van der Waals surface area contributed by atoms with Gasteiger partial charge >= 0.3 is 5.97 Å². The van der Waals surface area contributed by atoms with E-state index in [4.69, 9.17) is 19.4 Å². The van der Waals surface area contributed by atoms with Crippen molar-refractivity contribution < 1.29 is 37.1 Å². The van der Waals surface area contributed by atoms with E-state index < -0.39 is 55.7 Å². The Morgan fingerprint density at radius 2 is 1.83 bits per heavy atom. The SMILES string of the molecule is CC(C)n1c(O[C@@H]2C[C@H]3C(=O)C[C@]4(C(=O)NS(=O)(=O)C5(C)CC5)C[C@@H]4/C=C\CCCCC[C@H](CC(=O)OC(C)(C)C)C(=O)N3C2)nc2c(-c3nc(C4CC4)cs3)cccc21. The molecule has 60 heavy (non-hydrogen) atoms. The highest BCUT2D eigenvalue weighted by molar-refractivity contribution is 7.91. The molecule has 1 saturated heterocycles. The van der Waals surface area contributed by atoms with Crippen LogP contribution in [0.25, 0.3) is 21.6 Å². The topological polar surface area (TPSA) is 167 Å². The van der Waals surface area contributed by atoms with Crippen LogP contribution in [0, 0.1) is 17.3 Å². The van der Waals surface area contributed by atoms with Crippen molar-refractivity contribution in [2.75, 3.05) is 6.54 Å². The van der Waals surface area contributed by atoms with Gasteiger partial charge in [0.1, 0.15) is 22.2 Å². The van der Waals surface area contributed by atoms with E-state index in [2.05, 4.69) is 23.9 Å². The van der Waals surface area contributed by atoms with Crippen LogP contribution in [-0.4, -0.2) is 80.5 Å². The van der Waals surface area contributed by atoms with E-state index in [1.807, 2.05) is 34.9 Å². The molecule has 15 heteroatoms. The molecule has 324 valence electrons. The molecule has 4 heterocycles. The number of para-hydroxylation sites is 1. The number of fused-ring (bicyclic) bond motifs is 3. The van der Waals surface area contributed by atoms with Gasteiger partial charge in [-0.1, -0.05) is 31.1 Å². The second-order valence-electron chi connectivity index (χ2n) is 19.4. The van der Waals surface area contributed by atoms with Crippen molar-refractivity contribution in [1.82, 2.24) is 24.2 Å². The van der Waals surface area contributed by atoms with Gasteiger partial charge in [-0.3, -0.25) is 28.5 Å². The molecule has 1 aromatic carbocycles. The Morgan fingerprint density at radius 1 is 1.07 bits per heavy atom. The summed E-state index contributed by atoms with van der Waals surface area (Å²) < 4.78 is 42.4. The summed E-state index contributed by atoms with van der Waals surface area (Å²) in [5.41, 5.74) is 1.68. The Bertz CT molecular complexity index is 2320. The number of ketones is 1. The first-order chi connectivity index (χ1) is 28.4. The molecule has 2 aliphatic heterocycles. The first-order valence-electron chi connectivity index (χ1n) is 21.8. The van der Waals surface area contributed by atoms with Gasteiger partial charge in [0.15, 0.2) is 5.78 Å². The molecule has 3 aromatic rings. The molecule has 3 aliphatic carbocycles. The summed E-state index contributed by atoms with van der Waals surface area (Å²) in [6.07, 6.45) is 10.2. The minimum Gasteiger partial charge on any atom is -0.460 e. The number of Topliss-reactive ketones (excluding diaryl/α,β-unsaturated/α-hetero) is 1. The molecule has 13 nitrogen and oxygen atoms in total. The fourth-order valence-electron chi connectivity index (χ4n) is 8.98. The van der Waals surface area contributed by atoms with E-state index in [0.29, 0.717) is 44.0 Å². The average Bonchev–Trinajstić information content (AvgIpc) is 4.13. The van der Waals surface area contributed by atoms with Crippen LogP contribution in [0.3, 0.4) is 0 Å². The Balaban J connectivity index is 1.12. The minimum atomic E-state index is -3.95. The third-order valence-electron chi connectivity index (χ3n) is 13.0. The fourth-order valence-corrected chi connectivity index (χ4v) is 11.2. The van der Waals surface area contributed by atoms with E-state index in [1.165, 1.54) is 0 Å². The number of sulfonamides is 1. The number of carbonyl (C=O) groups excluding carboxylic acids is 4. The number of hydrogen-bond acceptors (Lipinski definition) is 11. The van der Waals surface area contributed by atoms with E-state index in [0.717, 1.165) is 59.4 Å². The summed E-state index contributed by atoms with van der Waals surface area (Å²) in [6, 6.07) is 5.39. The Hall–Kier alpha value is -4.11. The van der Waals surface area contributed by atoms with Gasteiger partial charge in [-0.2, -0.15) is 4.98 Å². The van der Waals surface area contributed by atoms with Crippen LogP contribution < -0.4 is 9.46 Å². The molecule has 0 unspecified atom stereocenters. The Morgan fingerprint density at radius 3 is 2.53 bits per heavy atom. The number of ether oxygens (including phenoxy) is 2. The molecule has 2 amide bonds. The number of nitrogens with one attached hydrogen (secondary N) is 1. The average molecular weight is 862 g/mol. The lowest BCUT2D eigenvalue weighted by molar-refractivity contribution is -0.159. The second kappa shape index (κ2) is 16.0. The predicted octanol–water partition coefficient (Wildman–Crippen LogP) is 7.80. The van der Waals surface area contributed by atoms with Crippen LogP contribution >= 0.6 is 11.3 Å². The molecular weight excluding hydrogens is 803 g/mol. The van der Waals surface area contributed by atoms with E-state index in [9.17, 15) is 27.6 Å². The maximum absolute atomic E-state index is 14.8. The number of thiazole rings is 1. The smallest absolute Gasteiger partial charge is 0.307 e. The number of amides is 2. The molecule has 5 atom stereocenters. The third-order valence-corrected chi connectivity index (χ3v) is 16.1. The Labute approximate surface area is 357 Å². The number of carbonyl (C=O) groups is 4. The highest BCUT2D eigenvalue weighted by atomic mass is 32.2. The fraction of sp³-hybridized carbons (Fsp3) is 0.644. The predicted molar refractivity (Wildman–Crippen MR) is 229 cm³/mol. The third kappa shape index (κ3) is 8.67. The molecule has 2 aromatic heterocycles. The molecule has 1 N–H and O–H groups in total. The van der Waals surface area contributed by atoms with Crippen molar-refractivity contribution in [2.45, 2.75) is 159 Å². The molecule has 8 rings (SSSR count). The van der Waals surface area contributed by atoms with Crippen molar-refractivity contribution in [3.63, 3.8) is 0 Å². The standard InChI is InChI=1S/C45H59N5O8S2/c1-27(2)50-34-16-12-15-32(39-46-33(26-59-39)28-17-18-28)38(34)47-42(50)57-31-22-35-36(51)24-45(41(54)48-60(55,56)44(6)19-20-44)23-30(45)14-11-9-7-8-10-13-29(40(53)49(35)25-31)21-37(52)58-43(3,4)5/h11-12,14-16,26-31,35H,7-10,13,17-25H2,1-6H3,(H,48,54)/b14-11-/t29-,30+,31-,35+,45-/m1/s1. The maximum Gasteiger partial charge on any atom is 0.307 e. The minimum absolute atomic E-state index is 0.0423. The van der Waals surface area contributed by atoms with Crippen molar-refractivity contribution in [3.8, 4) is 16.6 Å². The van der Waals surface area contributed by atoms with Crippen LogP contribution in [0.1, 0.15) is 143 Å². The van der Waals surface area contributed by atoms with Gasteiger partial charge in [0.05, 0.1) is 40.4 Å². The second-order valence-corrected chi connectivity index (χ2v) is 22.5. The summed E-state index contributed by atoms with van der Waals surface area (Å²) in [7, 11) is -3.95. The van der Waals surface area contributed by atoms with Gasteiger partial charge in [-0.15, -0.1) is 11.3 Å². The lowest BCUT2D eigenvalue weighted by Gasteiger charge is -2.29. The van der Waals surface area contributed by atoms with Gasteiger partial charge in [0.2, 0.25) is 21.8 Å². The number of nitrogens with zero attached hydrogens (tertiary/aromatic N) is 4. The van der Waals surface area contributed by atoms with Gasteiger partial charge in [-0.05, 0) is 111 Å². The molecule has 0 radical (unpaired) electrons. The number of imidazole rings is 1. The van der Waals surface area contributed by atoms with Gasteiger partial charge < -0.3 is 14.4 Å². The monoisotopic (exact) mass is 861 g/mol. The van der Waals surface area contributed by atoms with Crippen LogP contribution in [-0.2, 0) is 33.9 Å². The van der Waals surface area contributed by atoms with Crippen LogP contribution in [0.15, 0.2) is 35.7 Å². The molecular formula is C45H59N5O8S2. The largest absolute Gasteiger partial charge is 0.460 e. The highest BCUT2D eigenvalue weighted by Crippen LogP contribution is 2.58. The number of hydrogen-bond donors (Lipinski definition) is 1. The lowest BCUT2D eigenvalue weighted by Crippen LogP contribution is -2.47. The molecule has 0 spiro atoms. The van der Waals surface area contributed by atoms with Crippen LogP contribution in [0.2, 0.25) is 0 Å². The van der Waals surface area contributed by atoms with Crippen LogP contribution in [0.4, 0.5) is 0 Å². The van der Waals surface area contributed by atoms with Gasteiger partial charge in [0, 0.05) is 41.7 Å². The number of aromatic nitrogens is 3. The van der Waals surface area contributed by atoms with E-state index in [-0.39, 0.29) is 49.5 Å². The normalized spacial score (nSPS) is 27.8. The van der Waals surface area contributed by atoms with Gasteiger partial charge in [-0.25, -0.2) is 13.4 Å². The maximum atomic E-state index is 14.8. The first-order valence-corrected chi connectivity index (χ1v) is 24.2. The molecule has 0 bridgehead atoms. The number of allylic oxidation sites excluding steroid dienone is 2. The molecule has 5 aliphatic rings. The van der Waals surface area contributed by atoms with Crippen molar-refractivity contribution in [2.24, 2.45) is 17.3 Å². The summed E-state index contributed by atoms with van der Waals surface area (Å²) in [6.45, 7) is 11.2. The molecule has 3 saturated carbocycles. The first kappa shape index (κ1) is 42.6. The highest BCUT2D eigenvalue weighted by Gasteiger charge is 2.62. The van der Waals surface area contributed by atoms with Crippen LogP contribution in [0.5, 0.6) is 6.01 Å². The summed E-state index contributed by atoms with van der Waals surface area (Å²) in [5, 5.41) is 3.03. The van der Waals surface area contributed by atoms with E-state index >= 15 is 0 Å². The van der Waals surface area contributed by atoms with E-state index in [1.54, 1.807) is 43.9 Å². The van der Waals surface area contributed by atoms with Crippen molar-refractivity contribution >= 4 is 56.0 Å². The summed E-state index contributed by atoms with van der Waals surface area (Å²) in [5.74, 6) is -2.34. The van der Waals surface area contributed by atoms with Crippen molar-refractivity contribution in [1.29, 1.82) is 0 Å². The zero-order valence-corrected chi connectivity index (χ0v) is 37.3. The zero-order chi connectivity index (χ0) is 42.8. The summed E-state index contributed by atoms with van der Waals surface area (Å²) >= 11 is 1.61. The number of rotatable bonds is 10. The lowest BCUT2D eigenvalue weighted by atomic mass is 9.90. The van der Waals surface area contributed by atoms with Gasteiger partial charge in [0.25, 0.3) is 6.01 Å².